The van der Waals surface area contributed by atoms with E-state index >= 15 is 0 Å². The van der Waals surface area contributed by atoms with Crippen LogP contribution in [0.3, 0.4) is 0 Å². The summed E-state index contributed by atoms with van der Waals surface area (Å²) >= 11 is 1.86. The third-order valence-electron chi connectivity index (χ3n) is 13.9. The van der Waals surface area contributed by atoms with E-state index < -0.39 is 8.07 Å². The second kappa shape index (κ2) is 14.5. The number of nitrogens with zero attached hydrogens (tertiary/aromatic N) is 1. The maximum absolute atomic E-state index is 6.75. The third kappa shape index (κ3) is 5.45. The van der Waals surface area contributed by atoms with Gasteiger partial charge in [0.15, 0.2) is 8.07 Å². The summed E-state index contributed by atoms with van der Waals surface area (Å²) in [4.78, 5) is 2.51. The normalized spacial score (nSPS) is 13.6. The van der Waals surface area contributed by atoms with Crippen molar-refractivity contribution in [3.05, 3.63) is 231 Å². The highest BCUT2D eigenvalue weighted by atomic mass is 32.1. The van der Waals surface area contributed by atoms with Gasteiger partial charge < -0.3 is 14.4 Å². The van der Waals surface area contributed by atoms with Gasteiger partial charge in [0, 0.05) is 47.9 Å². The average molecular weight is 874 g/mol. The molecule has 1 aromatic heterocycles. The van der Waals surface area contributed by atoms with Gasteiger partial charge >= 0.3 is 0 Å². The quantitative estimate of drug-likeness (QED) is 0.161. The summed E-state index contributed by atoms with van der Waals surface area (Å²) in [6, 6.07) is 87.0. The van der Waals surface area contributed by atoms with Crippen molar-refractivity contribution >= 4 is 100 Å². The first-order chi connectivity index (χ1) is 32.7. The molecule has 0 spiro atoms. The van der Waals surface area contributed by atoms with Crippen molar-refractivity contribution in [2.75, 3.05) is 4.90 Å². The monoisotopic (exact) mass is 873 g/mol. The minimum atomic E-state index is -3.17. The molecular weight excluding hydrogens is 838 g/mol. The lowest BCUT2D eigenvalue weighted by Crippen LogP contribution is -2.77. The standard InChI is InChI=1S/C60H36BNO2SSi/c1-4-15-39(16-5-1)41-28-32-50-58(36-41)66(44-17-6-2-7-18-44,45-19-8-3-9-20-45)59-37-42(40-27-31-47-46-21-10-13-26-56(46)65-57(47)35-40)29-33-51(59)62(50)43-30-34-53-49(38-43)61-48-22-11-12-23-52(48)63-54-24-14-25-55(64-53)60(54)61/h1-8,10-19,21-38H. The SMILES string of the molecule is c1cccc([Si]2(c3ccccc3)c3cc(-c4ccccc4)ccc3N(c3ccc4c(c3)B3c5ccccc5Oc5cccc(c53)O4)c3ccc(-c4ccc5c(c4)sc4ccccc45)cc32)c#1. The Labute approximate surface area is 388 Å². The van der Waals surface area contributed by atoms with Crippen LogP contribution in [-0.2, 0) is 0 Å². The van der Waals surface area contributed by atoms with E-state index in [0.29, 0.717) is 0 Å². The number of anilines is 3. The smallest absolute Gasteiger partial charge is 0.260 e. The minimum absolute atomic E-state index is 0.0625. The van der Waals surface area contributed by atoms with Crippen molar-refractivity contribution in [1.82, 2.24) is 0 Å². The summed E-state index contributed by atoms with van der Waals surface area (Å²) in [7, 11) is -3.17. The predicted octanol–water partition coefficient (Wildman–Crippen LogP) is 10.9. The highest BCUT2D eigenvalue weighted by Gasteiger charge is 2.50. The fraction of sp³-hybridized carbons (Fsp3) is 0. The summed E-state index contributed by atoms with van der Waals surface area (Å²) < 4.78 is 15.9. The summed E-state index contributed by atoms with van der Waals surface area (Å²) in [6.45, 7) is -0.0625. The molecular formula is C60H36BNO2SSi. The van der Waals surface area contributed by atoms with Crippen LogP contribution in [0.1, 0.15) is 0 Å². The van der Waals surface area contributed by atoms with Gasteiger partial charge in [-0.3, -0.25) is 0 Å². The maximum atomic E-state index is 6.75. The number of benzene rings is 9. The second-order valence-corrected chi connectivity index (χ2v) is 22.1. The van der Waals surface area contributed by atoms with Crippen molar-refractivity contribution in [2.45, 2.75) is 0 Å². The van der Waals surface area contributed by atoms with Gasteiger partial charge in [0.2, 0.25) is 0 Å². The summed E-state index contributed by atoms with van der Waals surface area (Å²) in [5.41, 5.74) is 11.4. The zero-order chi connectivity index (χ0) is 43.3. The Bertz CT molecular complexity index is 3690. The van der Waals surface area contributed by atoms with Crippen LogP contribution < -0.4 is 51.5 Å². The average Bonchev–Trinajstić information content (AvgIpc) is 3.76. The molecule has 3 aliphatic rings. The number of hydrogen-bond donors (Lipinski definition) is 0. The Morgan fingerprint density at radius 3 is 1.86 bits per heavy atom. The van der Waals surface area contributed by atoms with E-state index in [-0.39, 0.29) is 6.71 Å². The van der Waals surface area contributed by atoms with Crippen LogP contribution in [0.25, 0.3) is 42.4 Å². The molecule has 0 amide bonds. The van der Waals surface area contributed by atoms with E-state index in [2.05, 4.69) is 223 Å². The van der Waals surface area contributed by atoms with Gasteiger partial charge in [0.05, 0.1) is 0 Å². The number of thiophene rings is 1. The first-order valence-corrected chi connectivity index (χ1v) is 25.2. The molecule has 1 atom stereocenters. The van der Waals surface area contributed by atoms with Gasteiger partial charge in [-0.25, -0.2) is 0 Å². The number of rotatable bonds is 5. The molecule has 14 rings (SSSR count). The number of para-hydroxylation sites is 1. The first kappa shape index (κ1) is 37.3. The molecule has 0 saturated heterocycles. The van der Waals surface area contributed by atoms with Gasteiger partial charge in [-0.05, 0) is 115 Å². The summed E-state index contributed by atoms with van der Waals surface area (Å²) in [5.74, 6) is 3.41. The van der Waals surface area contributed by atoms with Gasteiger partial charge in [-0.1, -0.05) is 164 Å². The van der Waals surface area contributed by atoms with Crippen LogP contribution in [0.5, 0.6) is 23.0 Å². The topological polar surface area (TPSA) is 21.7 Å². The number of hydrogen-bond acceptors (Lipinski definition) is 4. The van der Waals surface area contributed by atoms with E-state index in [1.54, 1.807) is 0 Å². The highest BCUT2D eigenvalue weighted by Crippen LogP contribution is 2.43. The van der Waals surface area contributed by atoms with E-state index in [4.69, 9.17) is 9.47 Å². The first-order valence-electron chi connectivity index (χ1n) is 22.4. The van der Waals surface area contributed by atoms with Crippen LogP contribution in [0, 0.1) is 12.1 Å². The van der Waals surface area contributed by atoms with Crippen LogP contribution >= 0.6 is 11.3 Å². The molecule has 6 heteroatoms. The van der Waals surface area contributed by atoms with E-state index in [0.717, 1.165) is 56.4 Å². The Balaban J connectivity index is 1.06. The van der Waals surface area contributed by atoms with Crippen LogP contribution in [-0.4, -0.2) is 14.8 Å². The Morgan fingerprint density at radius 1 is 0.455 bits per heavy atom. The Hall–Kier alpha value is -8.08. The van der Waals surface area contributed by atoms with Crippen molar-refractivity contribution in [2.24, 2.45) is 0 Å². The van der Waals surface area contributed by atoms with Crippen LogP contribution in [0.4, 0.5) is 17.1 Å². The highest BCUT2D eigenvalue weighted by molar-refractivity contribution is 7.26. The van der Waals surface area contributed by atoms with Crippen molar-refractivity contribution < 1.29 is 9.47 Å². The Kier molecular flexibility index (Phi) is 8.18. The lowest BCUT2D eigenvalue weighted by Gasteiger charge is -2.45. The molecule has 0 N–H and O–H groups in total. The molecule has 306 valence electrons. The third-order valence-corrected chi connectivity index (χ3v) is 19.8. The zero-order valence-corrected chi connectivity index (χ0v) is 37.4. The number of ether oxygens (including phenoxy) is 2. The molecule has 1 unspecified atom stereocenters. The zero-order valence-electron chi connectivity index (χ0n) is 35.5. The molecule has 3 aliphatic heterocycles. The fourth-order valence-corrected chi connectivity index (χ4v) is 17.2. The fourth-order valence-electron chi connectivity index (χ4n) is 11.0. The maximum Gasteiger partial charge on any atom is 0.260 e. The van der Waals surface area contributed by atoms with Crippen molar-refractivity contribution in [1.29, 1.82) is 0 Å². The molecule has 0 fully saturated rings. The summed E-state index contributed by atoms with van der Waals surface area (Å²) in [6.07, 6.45) is 0. The van der Waals surface area contributed by atoms with Crippen LogP contribution in [0.2, 0.25) is 0 Å². The lowest BCUT2D eigenvalue weighted by molar-refractivity contribution is 0.464. The number of fused-ring (bicyclic) bond motifs is 9. The predicted molar refractivity (Wildman–Crippen MR) is 277 cm³/mol. The molecule has 0 saturated carbocycles. The Morgan fingerprint density at radius 2 is 1.09 bits per heavy atom. The van der Waals surface area contributed by atoms with Gasteiger partial charge in [0.25, 0.3) is 6.71 Å². The molecule has 4 heterocycles. The molecule has 11 aromatic rings. The summed E-state index contributed by atoms with van der Waals surface area (Å²) in [5, 5.41) is 7.67. The van der Waals surface area contributed by atoms with Gasteiger partial charge in [-0.15, -0.1) is 11.3 Å². The van der Waals surface area contributed by atoms with Gasteiger partial charge in [0.1, 0.15) is 23.0 Å². The lowest BCUT2D eigenvalue weighted by atomic mass is 9.35. The van der Waals surface area contributed by atoms with E-state index in [1.807, 2.05) is 23.5 Å². The van der Waals surface area contributed by atoms with Crippen molar-refractivity contribution in [3.8, 4) is 45.3 Å². The second-order valence-electron chi connectivity index (χ2n) is 17.4. The molecule has 10 aromatic carbocycles. The molecule has 0 radical (unpaired) electrons. The molecule has 0 aliphatic carbocycles. The minimum Gasteiger partial charge on any atom is -0.458 e. The molecule has 66 heavy (non-hydrogen) atoms. The van der Waals surface area contributed by atoms with Crippen LogP contribution in [0.15, 0.2) is 218 Å². The van der Waals surface area contributed by atoms with Gasteiger partial charge in [-0.2, -0.15) is 0 Å². The molecule has 3 nitrogen and oxygen atoms in total. The van der Waals surface area contributed by atoms with Crippen molar-refractivity contribution in [3.63, 3.8) is 0 Å². The van der Waals surface area contributed by atoms with E-state index in [9.17, 15) is 0 Å². The molecule has 0 bridgehead atoms. The largest absolute Gasteiger partial charge is 0.458 e. The van der Waals surface area contributed by atoms with E-state index in [1.165, 1.54) is 63.2 Å².